The molecule has 1 aromatic heterocycles. The van der Waals surface area contributed by atoms with E-state index in [-0.39, 0.29) is 41.8 Å². The molecule has 2 N–H and O–H groups in total. The van der Waals surface area contributed by atoms with Crippen LogP contribution in [0.1, 0.15) is 27.2 Å². The number of carbonyl (C=O) groups excluding carboxylic acids is 1. The summed E-state index contributed by atoms with van der Waals surface area (Å²) in [5.41, 5.74) is 0.118. The maximum Gasteiger partial charge on any atom is 0.419 e. The minimum absolute atomic E-state index is 0.0445. The van der Waals surface area contributed by atoms with Crippen molar-refractivity contribution in [3.05, 3.63) is 65.0 Å². The van der Waals surface area contributed by atoms with Gasteiger partial charge in [-0.15, -0.1) is 0 Å². The molecule has 0 aliphatic heterocycles. The third-order valence-electron chi connectivity index (χ3n) is 5.87. The van der Waals surface area contributed by atoms with Crippen LogP contribution in [0.3, 0.4) is 0 Å². The number of aromatic nitrogens is 2. The van der Waals surface area contributed by atoms with Crippen LogP contribution in [0.15, 0.2) is 42.6 Å². The standard InChI is InChI=1S/C25H28F3N5O5S/c1-29-23(34)16-8-11-20(22(12-16)38-4)32-24-30-14-18(25(26,27)28)19(31-24)10-7-15-6-9-17(37-3)13-21(15)33(2)39(5,35)36/h6,8-9,11-14H,7,10H2,1-5H3,(H,29,34)(H,30,31,32). The van der Waals surface area contributed by atoms with Crippen molar-refractivity contribution in [2.45, 2.75) is 19.0 Å². The second-order valence-electron chi connectivity index (χ2n) is 8.40. The highest BCUT2D eigenvalue weighted by atomic mass is 32.2. The van der Waals surface area contributed by atoms with Crippen LogP contribution in [0.25, 0.3) is 0 Å². The summed E-state index contributed by atoms with van der Waals surface area (Å²) < 4.78 is 77.3. The van der Waals surface area contributed by atoms with E-state index in [1.54, 1.807) is 12.1 Å². The SMILES string of the molecule is CNC(=O)c1ccc(Nc2ncc(C(F)(F)F)c(CCc3ccc(OC)cc3N(C)S(C)(=O)=O)n2)c(OC)c1. The molecule has 210 valence electrons. The second-order valence-corrected chi connectivity index (χ2v) is 10.4. The molecule has 0 radical (unpaired) electrons. The molecular weight excluding hydrogens is 539 g/mol. The number of nitrogens with zero attached hydrogens (tertiary/aromatic N) is 3. The average molecular weight is 568 g/mol. The Labute approximate surface area is 224 Å². The molecule has 0 atom stereocenters. The molecule has 1 heterocycles. The second kappa shape index (κ2) is 11.8. The van der Waals surface area contributed by atoms with E-state index in [1.807, 2.05) is 0 Å². The van der Waals surface area contributed by atoms with Crippen molar-refractivity contribution in [3.63, 3.8) is 0 Å². The molecule has 0 fully saturated rings. The number of methoxy groups -OCH3 is 2. The van der Waals surface area contributed by atoms with Crippen molar-refractivity contribution in [2.24, 2.45) is 0 Å². The molecule has 3 aromatic rings. The summed E-state index contributed by atoms with van der Waals surface area (Å²) >= 11 is 0. The van der Waals surface area contributed by atoms with E-state index in [2.05, 4.69) is 20.6 Å². The van der Waals surface area contributed by atoms with Crippen molar-refractivity contribution < 1.29 is 35.9 Å². The molecule has 0 aliphatic carbocycles. The molecule has 39 heavy (non-hydrogen) atoms. The lowest BCUT2D eigenvalue weighted by Gasteiger charge is -2.21. The first-order valence-electron chi connectivity index (χ1n) is 11.5. The monoisotopic (exact) mass is 567 g/mol. The van der Waals surface area contributed by atoms with Crippen molar-refractivity contribution in [1.82, 2.24) is 15.3 Å². The highest BCUT2D eigenvalue weighted by Crippen LogP contribution is 2.34. The van der Waals surface area contributed by atoms with Crippen LogP contribution in [0.5, 0.6) is 11.5 Å². The van der Waals surface area contributed by atoms with Gasteiger partial charge in [0, 0.05) is 31.9 Å². The predicted octanol–water partition coefficient (Wildman–Crippen LogP) is 3.80. The number of ether oxygens (including phenoxy) is 2. The van der Waals surface area contributed by atoms with Crippen LogP contribution in [0.4, 0.5) is 30.5 Å². The first-order chi connectivity index (χ1) is 18.3. The minimum Gasteiger partial charge on any atom is -0.497 e. The zero-order valence-electron chi connectivity index (χ0n) is 21.9. The lowest BCUT2D eigenvalue weighted by atomic mass is 10.0. The fourth-order valence-corrected chi connectivity index (χ4v) is 4.24. The number of aryl methyl sites for hydroxylation is 2. The van der Waals surface area contributed by atoms with Crippen molar-refractivity contribution >= 4 is 33.3 Å². The molecule has 14 heteroatoms. The number of amides is 1. The van der Waals surface area contributed by atoms with Gasteiger partial charge in [0.25, 0.3) is 5.91 Å². The van der Waals surface area contributed by atoms with E-state index >= 15 is 0 Å². The Morgan fingerprint density at radius 2 is 1.79 bits per heavy atom. The Hall–Kier alpha value is -4.07. The fraction of sp³-hybridized carbons (Fsp3) is 0.320. The molecule has 10 nitrogen and oxygen atoms in total. The Kier molecular flexibility index (Phi) is 8.89. The van der Waals surface area contributed by atoms with Crippen LogP contribution in [-0.4, -0.2) is 58.9 Å². The molecule has 1 amide bonds. The molecule has 0 saturated carbocycles. The molecule has 0 bridgehead atoms. The third-order valence-corrected chi connectivity index (χ3v) is 7.06. The van der Waals surface area contributed by atoms with Gasteiger partial charge in [-0.2, -0.15) is 13.2 Å². The summed E-state index contributed by atoms with van der Waals surface area (Å²) in [5.74, 6) is 0.192. The molecular formula is C25H28F3N5O5S. The number of alkyl halides is 3. The van der Waals surface area contributed by atoms with Crippen molar-refractivity contribution in [3.8, 4) is 11.5 Å². The first-order valence-corrected chi connectivity index (χ1v) is 13.3. The van der Waals surface area contributed by atoms with Gasteiger partial charge >= 0.3 is 6.18 Å². The quantitative estimate of drug-likeness (QED) is 0.380. The van der Waals surface area contributed by atoms with E-state index < -0.39 is 21.8 Å². The summed E-state index contributed by atoms with van der Waals surface area (Å²) in [6, 6.07) is 9.20. The summed E-state index contributed by atoms with van der Waals surface area (Å²) in [7, 11) is 1.98. The highest BCUT2D eigenvalue weighted by Gasteiger charge is 2.35. The van der Waals surface area contributed by atoms with Gasteiger partial charge in [-0.05, 0) is 42.7 Å². The molecule has 2 aromatic carbocycles. The minimum atomic E-state index is -4.72. The predicted molar refractivity (Wildman–Crippen MR) is 140 cm³/mol. The van der Waals surface area contributed by atoms with Crippen LogP contribution in [0.2, 0.25) is 0 Å². The lowest BCUT2D eigenvalue weighted by molar-refractivity contribution is -0.138. The Balaban J connectivity index is 1.97. The number of hydrogen-bond acceptors (Lipinski definition) is 8. The van der Waals surface area contributed by atoms with E-state index in [9.17, 15) is 26.4 Å². The molecule has 0 saturated heterocycles. The van der Waals surface area contributed by atoms with Gasteiger partial charge in [0.1, 0.15) is 11.5 Å². The third kappa shape index (κ3) is 7.07. The normalized spacial score (nSPS) is 11.6. The first kappa shape index (κ1) is 29.5. The van der Waals surface area contributed by atoms with Gasteiger partial charge in [-0.1, -0.05) is 6.07 Å². The van der Waals surface area contributed by atoms with Gasteiger partial charge in [0.2, 0.25) is 16.0 Å². The van der Waals surface area contributed by atoms with E-state index in [0.717, 1.165) is 10.6 Å². The number of benzene rings is 2. The zero-order valence-corrected chi connectivity index (χ0v) is 22.7. The Morgan fingerprint density at radius 1 is 1.08 bits per heavy atom. The van der Waals surface area contributed by atoms with E-state index in [1.165, 1.54) is 52.6 Å². The molecule has 0 aliphatic rings. The van der Waals surface area contributed by atoms with Crippen LogP contribution in [-0.2, 0) is 29.0 Å². The zero-order chi connectivity index (χ0) is 29.0. The van der Waals surface area contributed by atoms with Gasteiger partial charge in [-0.25, -0.2) is 18.4 Å². The number of hydrogen-bond donors (Lipinski definition) is 2. The fourth-order valence-electron chi connectivity index (χ4n) is 3.71. The number of carbonyl (C=O) groups is 1. The summed E-state index contributed by atoms with van der Waals surface area (Å²) in [6.07, 6.45) is -3.13. The van der Waals surface area contributed by atoms with Gasteiger partial charge in [-0.3, -0.25) is 9.10 Å². The number of rotatable bonds is 10. The molecule has 0 spiro atoms. The van der Waals surface area contributed by atoms with Crippen molar-refractivity contribution in [1.29, 1.82) is 0 Å². The summed E-state index contributed by atoms with van der Waals surface area (Å²) in [4.78, 5) is 19.9. The summed E-state index contributed by atoms with van der Waals surface area (Å²) in [6.45, 7) is 0. The summed E-state index contributed by atoms with van der Waals surface area (Å²) in [5, 5.41) is 5.33. The van der Waals surface area contributed by atoms with Crippen LogP contribution < -0.4 is 24.4 Å². The van der Waals surface area contributed by atoms with E-state index in [0.29, 0.717) is 28.8 Å². The Morgan fingerprint density at radius 3 is 2.38 bits per heavy atom. The lowest BCUT2D eigenvalue weighted by Crippen LogP contribution is -2.26. The Bertz CT molecular complexity index is 1460. The van der Waals surface area contributed by atoms with Crippen LogP contribution in [0, 0.1) is 0 Å². The largest absolute Gasteiger partial charge is 0.497 e. The maximum absolute atomic E-state index is 13.8. The average Bonchev–Trinajstić information content (AvgIpc) is 2.90. The van der Waals surface area contributed by atoms with Crippen molar-refractivity contribution in [2.75, 3.05) is 44.2 Å². The number of nitrogens with one attached hydrogen (secondary N) is 2. The number of sulfonamides is 1. The molecule has 0 unspecified atom stereocenters. The smallest absolute Gasteiger partial charge is 0.419 e. The van der Waals surface area contributed by atoms with Crippen LogP contribution >= 0.6 is 0 Å². The van der Waals surface area contributed by atoms with Gasteiger partial charge in [0.05, 0.1) is 43.1 Å². The van der Waals surface area contributed by atoms with Gasteiger partial charge in [0.15, 0.2) is 0 Å². The maximum atomic E-state index is 13.8. The highest BCUT2D eigenvalue weighted by molar-refractivity contribution is 7.92. The number of anilines is 3. The molecule has 3 rings (SSSR count). The number of halogens is 3. The van der Waals surface area contributed by atoms with Gasteiger partial charge < -0.3 is 20.1 Å². The van der Waals surface area contributed by atoms with E-state index in [4.69, 9.17) is 9.47 Å². The topological polar surface area (TPSA) is 123 Å².